The average Bonchev–Trinajstić information content (AvgIpc) is 3.02. The summed E-state index contributed by atoms with van der Waals surface area (Å²) in [5.41, 5.74) is 0. The summed E-state index contributed by atoms with van der Waals surface area (Å²) in [6.07, 6.45) is -2.22. The van der Waals surface area contributed by atoms with E-state index in [1.807, 2.05) is 4.90 Å². The lowest BCUT2D eigenvalue weighted by atomic mass is 10.0. The number of halogens is 1. The summed E-state index contributed by atoms with van der Waals surface area (Å²) >= 11 is 0. The molecule has 1 aromatic rings. The predicted molar refractivity (Wildman–Crippen MR) is 103 cm³/mol. The van der Waals surface area contributed by atoms with Crippen LogP contribution in [0.3, 0.4) is 0 Å². The van der Waals surface area contributed by atoms with Crippen LogP contribution in [0.15, 0.2) is 29.2 Å². The lowest BCUT2D eigenvalue weighted by molar-refractivity contribution is -0.0207. The molecule has 3 N–H and O–H groups in total. The predicted octanol–water partition coefficient (Wildman–Crippen LogP) is -0.783. The molecule has 1 aromatic carbocycles. The van der Waals surface area contributed by atoms with Crippen LogP contribution in [-0.4, -0.2) is 94.4 Å². The first-order valence-corrected chi connectivity index (χ1v) is 10.3. The fourth-order valence-corrected chi connectivity index (χ4v) is 4.55. The first kappa shape index (κ1) is 23.3. The van der Waals surface area contributed by atoms with Gasteiger partial charge >= 0.3 is 0 Å². The van der Waals surface area contributed by atoms with E-state index in [1.165, 1.54) is 19.2 Å². The molecule has 0 amide bonds. The number of benzene rings is 1. The number of methoxy groups -OCH3 is 1. The number of nitrogens with zero attached hydrogens (tertiary/aromatic N) is 1. The van der Waals surface area contributed by atoms with E-state index < -0.39 is 34.4 Å². The van der Waals surface area contributed by atoms with E-state index in [2.05, 4.69) is 4.72 Å². The number of hydrogen-bond acceptors (Lipinski definition) is 8. The third kappa shape index (κ3) is 5.14. The van der Waals surface area contributed by atoms with Crippen LogP contribution in [0.25, 0.3) is 0 Å². The smallest absolute Gasteiger partial charge is 0.240 e. The van der Waals surface area contributed by atoms with Crippen LogP contribution >= 0.6 is 12.4 Å². The highest BCUT2D eigenvalue weighted by Gasteiger charge is 2.46. The highest BCUT2D eigenvalue weighted by atomic mass is 35.5. The average molecular weight is 439 g/mol. The molecule has 3 rings (SSSR count). The molecule has 0 spiro atoms. The van der Waals surface area contributed by atoms with Crippen molar-refractivity contribution in [2.24, 2.45) is 0 Å². The molecular weight excluding hydrogens is 412 g/mol. The second-order valence-corrected chi connectivity index (χ2v) is 8.32. The number of rotatable bonds is 7. The van der Waals surface area contributed by atoms with Gasteiger partial charge in [-0.2, -0.15) is 0 Å². The topological polar surface area (TPSA) is 118 Å². The number of morpholine rings is 1. The maximum atomic E-state index is 12.6. The van der Waals surface area contributed by atoms with Crippen LogP contribution in [-0.2, 0) is 19.5 Å². The van der Waals surface area contributed by atoms with Gasteiger partial charge in [-0.3, -0.25) is 4.90 Å². The zero-order valence-corrected chi connectivity index (χ0v) is 17.2. The van der Waals surface area contributed by atoms with Crippen molar-refractivity contribution in [1.29, 1.82) is 0 Å². The van der Waals surface area contributed by atoms with Crippen molar-refractivity contribution < 1.29 is 32.8 Å². The van der Waals surface area contributed by atoms with Gasteiger partial charge in [-0.25, -0.2) is 13.1 Å². The van der Waals surface area contributed by atoms with E-state index in [0.29, 0.717) is 32.1 Å². The summed E-state index contributed by atoms with van der Waals surface area (Å²) in [6.45, 7) is 1.97. The number of aliphatic hydroxyl groups excluding tert-OH is 2. The molecule has 2 saturated heterocycles. The van der Waals surface area contributed by atoms with E-state index >= 15 is 0 Å². The van der Waals surface area contributed by atoms with Gasteiger partial charge in [0.2, 0.25) is 10.0 Å². The van der Waals surface area contributed by atoms with E-state index in [0.717, 1.165) is 0 Å². The van der Waals surface area contributed by atoms with Crippen LogP contribution < -0.4 is 9.46 Å². The van der Waals surface area contributed by atoms with Crippen molar-refractivity contribution in [1.82, 2.24) is 9.62 Å². The number of aliphatic hydroxyl groups is 2. The second kappa shape index (κ2) is 10.2. The van der Waals surface area contributed by atoms with Crippen LogP contribution in [0.4, 0.5) is 0 Å². The molecule has 11 heteroatoms. The molecule has 2 aliphatic rings. The Balaban J connectivity index is 0.00000280. The van der Waals surface area contributed by atoms with Crippen molar-refractivity contribution >= 4 is 22.4 Å². The summed E-state index contributed by atoms with van der Waals surface area (Å²) < 4.78 is 43.8. The molecule has 0 aromatic heterocycles. The van der Waals surface area contributed by atoms with Crippen LogP contribution in [0.2, 0.25) is 0 Å². The highest BCUT2D eigenvalue weighted by molar-refractivity contribution is 7.89. The number of ether oxygens (including phenoxy) is 3. The quantitative estimate of drug-likeness (QED) is 0.507. The van der Waals surface area contributed by atoms with E-state index in [1.54, 1.807) is 12.1 Å². The Morgan fingerprint density at radius 3 is 2.43 bits per heavy atom. The summed E-state index contributed by atoms with van der Waals surface area (Å²) in [4.78, 5) is 2.14. The van der Waals surface area contributed by atoms with Gasteiger partial charge in [0.25, 0.3) is 0 Å². The van der Waals surface area contributed by atoms with Gasteiger partial charge in [0.1, 0.15) is 18.0 Å². The molecule has 0 radical (unpaired) electrons. The number of hydrogen-bond donors (Lipinski definition) is 3. The van der Waals surface area contributed by atoms with Crippen LogP contribution in [0, 0.1) is 0 Å². The van der Waals surface area contributed by atoms with Gasteiger partial charge in [-0.15, -0.1) is 12.4 Å². The second-order valence-electron chi connectivity index (χ2n) is 6.55. The minimum Gasteiger partial charge on any atom is -0.497 e. The zero-order chi connectivity index (χ0) is 19.4. The molecule has 2 aliphatic heterocycles. The van der Waals surface area contributed by atoms with Crippen molar-refractivity contribution in [3.05, 3.63) is 24.3 Å². The fraction of sp³-hybridized carbons (Fsp3) is 0.647. The van der Waals surface area contributed by atoms with Crippen molar-refractivity contribution in [2.45, 2.75) is 29.2 Å². The van der Waals surface area contributed by atoms with Gasteiger partial charge in [-0.05, 0) is 24.3 Å². The Morgan fingerprint density at radius 1 is 1.21 bits per heavy atom. The Labute approximate surface area is 171 Å². The molecule has 0 bridgehead atoms. The minimum atomic E-state index is -3.74. The molecule has 0 aliphatic carbocycles. The Hall–Kier alpha value is -0.980. The largest absolute Gasteiger partial charge is 0.497 e. The summed E-state index contributed by atoms with van der Waals surface area (Å²) in [5.74, 6) is 0.564. The van der Waals surface area contributed by atoms with Crippen molar-refractivity contribution in [3.8, 4) is 5.75 Å². The molecule has 2 heterocycles. The SMILES string of the molecule is COc1ccc(S(=O)(=O)NC[C@H]2O[C@@H](CO)[C@@H](O)[C@H]2N2CCOCC2)cc1.Cl. The van der Waals surface area contributed by atoms with Gasteiger partial charge in [-0.1, -0.05) is 0 Å². The van der Waals surface area contributed by atoms with E-state index in [4.69, 9.17) is 14.2 Å². The standard InChI is InChI=1S/C17H26N2O7S.ClH/c1-24-12-2-4-13(5-3-12)27(22,23)18-10-14-16(17(21)15(11-20)26-14)19-6-8-25-9-7-19;/h2-5,14-18,20-21H,6-11H2,1H3;1H/t14-,15+,16+,17-;/m1./s1. The fourth-order valence-electron chi connectivity index (χ4n) is 3.50. The molecular formula is C17H27ClN2O7S. The van der Waals surface area contributed by atoms with Crippen LogP contribution in [0.5, 0.6) is 5.75 Å². The summed E-state index contributed by atoms with van der Waals surface area (Å²) in [6, 6.07) is 5.65. The minimum absolute atomic E-state index is 0. The highest BCUT2D eigenvalue weighted by Crippen LogP contribution is 2.27. The zero-order valence-electron chi connectivity index (χ0n) is 15.6. The molecule has 160 valence electrons. The van der Waals surface area contributed by atoms with E-state index in [9.17, 15) is 18.6 Å². The van der Waals surface area contributed by atoms with Gasteiger partial charge < -0.3 is 24.4 Å². The number of nitrogens with one attached hydrogen (secondary N) is 1. The van der Waals surface area contributed by atoms with Gasteiger partial charge in [0, 0.05) is 19.6 Å². The molecule has 0 saturated carbocycles. The Morgan fingerprint density at radius 2 is 1.86 bits per heavy atom. The molecule has 4 atom stereocenters. The molecule has 28 heavy (non-hydrogen) atoms. The normalized spacial score (nSPS) is 28.7. The van der Waals surface area contributed by atoms with Crippen LogP contribution in [0.1, 0.15) is 0 Å². The lowest BCUT2D eigenvalue weighted by Crippen LogP contribution is -2.54. The summed E-state index contributed by atoms with van der Waals surface area (Å²) in [5, 5.41) is 20.0. The Bertz CT molecular complexity index is 713. The van der Waals surface area contributed by atoms with E-state index in [-0.39, 0.29) is 30.5 Å². The van der Waals surface area contributed by atoms with Gasteiger partial charge in [0.05, 0.1) is 44.0 Å². The first-order chi connectivity index (χ1) is 13.0. The maximum absolute atomic E-state index is 12.6. The van der Waals surface area contributed by atoms with Crippen molar-refractivity contribution in [2.75, 3.05) is 46.6 Å². The van der Waals surface area contributed by atoms with Gasteiger partial charge in [0.15, 0.2) is 0 Å². The third-order valence-corrected chi connectivity index (χ3v) is 6.39. The monoisotopic (exact) mass is 438 g/mol. The maximum Gasteiger partial charge on any atom is 0.240 e. The van der Waals surface area contributed by atoms with Crippen molar-refractivity contribution in [3.63, 3.8) is 0 Å². The lowest BCUT2D eigenvalue weighted by Gasteiger charge is -2.36. The first-order valence-electron chi connectivity index (χ1n) is 8.86. The molecule has 2 fully saturated rings. The molecule has 9 nitrogen and oxygen atoms in total. The third-order valence-electron chi connectivity index (χ3n) is 4.95. The molecule has 0 unspecified atom stereocenters. The number of sulfonamides is 1. The Kier molecular flexibility index (Phi) is 8.46. The summed E-state index contributed by atoms with van der Waals surface area (Å²) in [7, 11) is -2.23.